The number of aryl methyl sites for hydroxylation is 1. The number of fused-ring (bicyclic) bond motifs is 1. The molecule has 1 N–H and O–H groups in total. The van der Waals surface area contributed by atoms with Gasteiger partial charge < -0.3 is 5.11 Å². The van der Waals surface area contributed by atoms with Gasteiger partial charge in [-0.05, 0) is 30.4 Å². The van der Waals surface area contributed by atoms with E-state index in [4.69, 9.17) is 16.7 Å². The number of sulfone groups is 1. The molecule has 98 valence electrons. The van der Waals surface area contributed by atoms with Gasteiger partial charge in [-0.3, -0.25) is 0 Å². The Balaban J connectivity index is 2.78. The zero-order chi connectivity index (χ0) is 13.7. The maximum atomic E-state index is 12.2. The number of aromatic carboxylic acids is 1. The number of rotatable bonds is 2. The molecule has 0 spiro atoms. The summed E-state index contributed by atoms with van der Waals surface area (Å²) in [4.78, 5) is 11.3. The topological polar surface area (TPSA) is 71.4 Å². The fourth-order valence-electron chi connectivity index (χ4n) is 2.20. The van der Waals surface area contributed by atoms with Crippen LogP contribution in [0.5, 0.6) is 0 Å². The van der Waals surface area contributed by atoms with Crippen LogP contribution in [-0.4, -0.2) is 30.3 Å². The first-order chi connectivity index (χ1) is 8.30. The highest BCUT2D eigenvalue weighted by molar-refractivity contribution is 8.13. The molecule has 0 aliphatic carbocycles. The first-order valence-corrected chi connectivity index (χ1v) is 8.34. The standard InChI is InChI=1S/C11H11ClO4S2/c1-5-3-7(11(13)14)9(12)6-4-8(17-2)18(15,16)10(5)6/h3,8H,4H2,1-2H3,(H,13,14). The van der Waals surface area contributed by atoms with E-state index in [9.17, 15) is 13.2 Å². The summed E-state index contributed by atoms with van der Waals surface area (Å²) < 4.78 is 23.9. The van der Waals surface area contributed by atoms with Crippen molar-refractivity contribution in [2.45, 2.75) is 22.8 Å². The summed E-state index contributed by atoms with van der Waals surface area (Å²) in [6.07, 6.45) is 1.98. The van der Waals surface area contributed by atoms with Crippen LogP contribution in [0.25, 0.3) is 0 Å². The van der Waals surface area contributed by atoms with Gasteiger partial charge in [0.1, 0.15) is 4.58 Å². The Kier molecular flexibility index (Phi) is 3.38. The molecule has 4 nitrogen and oxygen atoms in total. The maximum Gasteiger partial charge on any atom is 0.337 e. The van der Waals surface area contributed by atoms with Gasteiger partial charge in [-0.1, -0.05) is 11.6 Å². The Morgan fingerprint density at radius 1 is 1.56 bits per heavy atom. The average Bonchev–Trinajstić information content (AvgIpc) is 2.55. The van der Waals surface area contributed by atoms with E-state index in [1.807, 2.05) is 0 Å². The molecule has 1 aromatic rings. The summed E-state index contributed by atoms with van der Waals surface area (Å²) in [5.41, 5.74) is 0.849. The summed E-state index contributed by atoms with van der Waals surface area (Å²) in [5.74, 6) is -1.14. The third kappa shape index (κ3) is 1.83. The summed E-state index contributed by atoms with van der Waals surface area (Å²) in [6.45, 7) is 1.60. The van der Waals surface area contributed by atoms with Crippen LogP contribution < -0.4 is 0 Å². The van der Waals surface area contributed by atoms with Crippen molar-refractivity contribution >= 4 is 39.2 Å². The number of hydrogen-bond acceptors (Lipinski definition) is 4. The molecule has 2 rings (SSSR count). The Bertz CT molecular complexity index is 637. The van der Waals surface area contributed by atoms with E-state index in [0.717, 1.165) is 0 Å². The minimum absolute atomic E-state index is 0.0372. The van der Waals surface area contributed by atoms with Crippen LogP contribution in [0, 0.1) is 6.92 Å². The number of carboxylic acids is 1. The lowest BCUT2D eigenvalue weighted by Gasteiger charge is -2.08. The monoisotopic (exact) mass is 306 g/mol. The number of carboxylic acid groups (broad SMARTS) is 1. The highest BCUT2D eigenvalue weighted by Crippen LogP contribution is 2.42. The summed E-state index contributed by atoms with van der Waals surface area (Å²) in [6, 6.07) is 1.32. The minimum atomic E-state index is -3.41. The molecule has 0 amide bonds. The van der Waals surface area contributed by atoms with Crippen molar-refractivity contribution in [3.05, 3.63) is 27.8 Å². The number of thioether (sulfide) groups is 1. The van der Waals surface area contributed by atoms with Gasteiger partial charge in [0.2, 0.25) is 0 Å². The highest BCUT2D eigenvalue weighted by atomic mass is 35.5. The number of benzene rings is 1. The summed E-state index contributed by atoms with van der Waals surface area (Å²) >= 11 is 7.25. The van der Waals surface area contributed by atoms with Crippen LogP contribution in [0.1, 0.15) is 21.5 Å². The average molecular weight is 307 g/mol. The molecule has 1 aromatic carbocycles. The molecule has 0 saturated heterocycles. The van der Waals surface area contributed by atoms with E-state index in [2.05, 4.69) is 0 Å². The van der Waals surface area contributed by atoms with Gasteiger partial charge in [0.15, 0.2) is 9.84 Å². The lowest BCUT2D eigenvalue weighted by Crippen LogP contribution is -2.12. The van der Waals surface area contributed by atoms with Crippen molar-refractivity contribution in [3.8, 4) is 0 Å². The smallest absolute Gasteiger partial charge is 0.337 e. The van der Waals surface area contributed by atoms with E-state index in [-0.39, 0.29) is 21.9 Å². The molecule has 0 bridgehead atoms. The molecule has 0 saturated carbocycles. The quantitative estimate of drug-likeness (QED) is 0.908. The lowest BCUT2D eigenvalue weighted by atomic mass is 10.0. The first kappa shape index (κ1) is 13.7. The molecular formula is C11H11ClO4S2. The van der Waals surface area contributed by atoms with Gasteiger partial charge >= 0.3 is 5.97 Å². The Labute approximate surface area is 114 Å². The van der Waals surface area contributed by atoms with Crippen LogP contribution in [0.2, 0.25) is 5.02 Å². The second-order valence-electron chi connectivity index (χ2n) is 4.08. The van der Waals surface area contributed by atoms with E-state index < -0.39 is 20.4 Å². The molecule has 1 heterocycles. The predicted molar refractivity (Wildman–Crippen MR) is 71.3 cm³/mol. The zero-order valence-corrected chi connectivity index (χ0v) is 12.1. The highest BCUT2D eigenvalue weighted by Gasteiger charge is 2.40. The van der Waals surface area contributed by atoms with Gasteiger partial charge in [0.05, 0.1) is 15.5 Å². The molecule has 1 aliphatic rings. The molecular weight excluding hydrogens is 296 g/mol. The Morgan fingerprint density at radius 3 is 2.67 bits per heavy atom. The molecule has 1 aliphatic heterocycles. The molecule has 0 fully saturated rings. The third-order valence-electron chi connectivity index (χ3n) is 2.99. The lowest BCUT2D eigenvalue weighted by molar-refractivity contribution is 0.0696. The van der Waals surface area contributed by atoms with Gasteiger partial charge in [-0.15, -0.1) is 11.8 Å². The van der Waals surface area contributed by atoms with E-state index in [1.165, 1.54) is 17.8 Å². The molecule has 0 radical (unpaired) electrons. The van der Waals surface area contributed by atoms with Crippen molar-refractivity contribution in [3.63, 3.8) is 0 Å². The van der Waals surface area contributed by atoms with Crippen LogP contribution in [-0.2, 0) is 16.3 Å². The van der Waals surface area contributed by atoms with Gasteiger partial charge in [0, 0.05) is 6.42 Å². The Morgan fingerprint density at radius 2 is 2.17 bits per heavy atom. The normalized spacial score (nSPS) is 20.7. The van der Waals surface area contributed by atoms with Crippen molar-refractivity contribution < 1.29 is 18.3 Å². The first-order valence-electron chi connectivity index (χ1n) is 5.12. The van der Waals surface area contributed by atoms with E-state index in [0.29, 0.717) is 11.1 Å². The number of carbonyl (C=O) groups is 1. The maximum absolute atomic E-state index is 12.2. The van der Waals surface area contributed by atoms with Crippen LogP contribution in [0.4, 0.5) is 0 Å². The largest absolute Gasteiger partial charge is 0.478 e. The minimum Gasteiger partial charge on any atom is -0.478 e. The molecule has 1 atom stereocenters. The van der Waals surface area contributed by atoms with Crippen LogP contribution >= 0.6 is 23.4 Å². The molecule has 0 aromatic heterocycles. The number of halogens is 1. The van der Waals surface area contributed by atoms with Crippen LogP contribution in [0.3, 0.4) is 0 Å². The molecule has 1 unspecified atom stereocenters. The van der Waals surface area contributed by atoms with Crippen molar-refractivity contribution in [1.82, 2.24) is 0 Å². The van der Waals surface area contributed by atoms with Gasteiger partial charge in [-0.25, -0.2) is 13.2 Å². The van der Waals surface area contributed by atoms with Crippen LogP contribution in [0.15, 0.2) is 11.0 Å². The SMILES string of the molecule is CSC1Cc2c(Cl)c(C(=O)O)cc(C)c2S1(=O)=O. The summed E-state index contributed by atoms with van der Waals surface area (Å²) in [7, 11) is -3.41. The predicted octanol–water partition coefficient (Wildman–Crippen LogP) is 2.37. The second kappa shape index (κ2) is 4.43. The van der Waals surface area contributed by atoms with Crippen molar-refractivity contribution in [2.24, 2.45) is 0 Å². The fourth-order valence-corrected chi connectivity index (χ4v) is 5.88. The second-order valence-corrected chi connectivity index (χ2v) is 7.87. The molecule has 7 heteroatoms. The molecule has 18 heavy (non-hydrogen) atoms. The van der Waals surface area contributed by atoms with Crippen molar-refractivity contribution in [1.29, 1.82) is 0 Å². The Hall–Kier alpha value is -0.720. The fraction of sp³-hybridized carbons (Fsp3) is 0.364. The third-order valence-corrected chi connectivity index (χ3v) is 7.45. The van der Waals surface area contributed by atoms with E-state index >= 15 is 0 Å². The zero-order valence-electron chi connectivity index (χ0n) is 9.73. The van der Waals surface area contributed by atoms with E-state index in [1.54, 1.807) is 13.2 Å². The summed E-state index contributed by atoms with van der Waals surface area (Å²) in [5, 5.41) is 9.08. The van der Waals surface area contributed by atoms with Gasteiger partial charge in [-0.2, -0.15) is 0 Å². The van der Waals surface area contributed by atoms with Crippen molar-refractivity contribution in [2.75, 3.05) is 6.26 Å². The van der Waals surface area contributed by atoms with Gasteiger partial charge in [0.25, 0.3) is 0 Å². The number of hydrogen-bond donors (Lipinski definition) is 1.